The van der Waals surface area contributed by atoms with Gasteiger partial charge in [-0.15, -0.1) is 0 Å². The van der Waals surface area contributed by atoms with Crippen molar-refractivity contribution < 1.29 is 9.90 Å². The van der Waals surface area contributed by atoms with E-state index in [1.165, 1.54) is 5.56 Å². The topological polar surface area (TPSA) is 61.4 Å². The minimum Gasteiger partial charge on any atom is -0.480 e. The van der Waals surface area contributed by atoms with Gasteiger partial charge in [0.25, 0.3) is 0 Å². The van der Waals surface area contributed by atoms with E-state index in [9.17, 15) is 4.79 Å². The van der Waals surface area contributed by atoms with Crippen LogP contribution >= 0.6 is 0 Å². The monoisotopic (exact) mass is 248 g/mol. The highest BCUT2D eigenvalue weighted by molar-refractivity contribution is 5.75. The van der Waals surface area contributed by atoms with Crippen LogP contribution in [0.3, 0.4) is 0 Å². The number of benzene rings is 1. The second-order valence-electron chi connectivity index (χ2n) is 4.75. The Bertz CT molecular complexity index is 414. The average Bonchev–Trinajstić information content (AvgIpc) is 2.40. The summed E-state index contributed by atoms with van der Waals surface area (Å²) < 4.78 is 0. The maximum absolute atomic E-state index is 11.1. The van der Waals surface area contributed by atoms with E-state index in [1.54, 1.807) is 7.05 Å². The fourth-order valence-electron chi connectivity index (χ4n) is 2.58. The summed E-state index contributed by atoms with van der Waals surface area (Å²) in [6, 6.07) is 7.35. The number of piperidine rings is 1. The number of hydrogen-bond donors (Lipinski definition) is 3. The largest absolute Gasteiger partial charge is 0.480 e. The summed E-state index contributed by atoms with van der Waals surface area (Å²) in [4.78, 5) is 11.1. The minimum atomic E-state index is -0.833. The van der Waals surface area contributed by atoms with Crippen LogP contribution in [0.25, 0.3) is 0 Å². The lowest BCUT2D eigenvalue weighted by molar-refractivity contribution is -0.139. The second-order valence-corrected chi connectivity index (χ2v) is 4.75. The average molecular weight is 248 g/mol. The highest BCUT2D eigenvalue weighted by atomic mass is 16.4. The first-order valence-corrected chi connectivity index (χ1v) is 6.43. The summed E-state index contributed by atoms with van der Waals surface area (Å²) in [5.74, 6) is -0.280. The molecule has 1 aromatic rings. The van der Waals surface area contributed by atoms with Crippen molar-refractivity contribution in [3.05, 3.63) is 35.4 Å². The second kappa shape index (κ2) is 5.98. The Labute approximate surface area is 107 Å². The maximum Gasteiger partial charge on any atom is 0.325 e. The molecule has 1 unspecified atom stereocenters. The molecule has 3 N–H and O–H groups in total. The molecule has 0 aliphatic carbocycles. The SMILES string of the molecule is CNC(C(=O)O)c1cccc(C2CCNCC2)c1. The Morgan fingerprint density at radius 1 is 1.44 bits per heavy atom. The third-order valence-corrected chi connectivity index (χ3v) is 3.59. The fourth-order valence-corrected chi connectivity index (χ4v) is 2.58. The lowest BCUT2D eigenvalue weighted by atomic mass is 9.88. The molecule has 1 aliphatic heterocycles. The molecule has 0 amide bonds. The molecular weight excluding hydrogens is 228 g/mol. The quantitative estimate of drug-likeness (QED) is 0.755. The van der Waals surface area contributed by atoms with Gasteiger partial charge < -0.3 is 15.7 Å². The van der Waals surface area contributed by atoms with Crippen LogP contribution in [0.2, 0.25) is 0 Å². The van der Waals surface area contributed by atoms with Crippen LogP contribution < -0.4 is 10.6 Å². The maximum atomic E-state index is 11.1. The zero-order valence-corrected chi connectivity index (χ0v) is 10.6. The van der Waals surface area contributed by atoms with Gasteiger partial charge in [0.1, 0.15) is 6.04 Å². The van der Waals surface area contributed by atoms with Crippen molar-refractivity contribution in [2.75, 3.05) is 20.1 Å². The molecule has 1 heterocycles. The number of carbonyl (C=O) groups is 1. The van der Waals surface area contributed by atoms with E-state index in [0.29, 0.717) is 5.92 Å². The van der Waals surface area contributed by atoms with Gasteiger partial charge in [0.05, 0.1) is 0 Å². The molecule has 18 heavy (non-hydrogen) atoms. The van der Waals surface area contributed by atoms with Gasteiger partial charge >= 0.3 is 5.97 Å². The number of carboxylic acid groups (broad SMARTS) is 1. The third-order valence-electron chi connectivity index (χ3n) is 3.59. The van der Waals surface area contributed by atoms with Crippen molar-refractivity contribution in [2.45, 2.75) is 24.8 Å². The summed E-state index contributed by atoms with van der Waals surface area (Å²) in [6.45, 7) is 2.09. The van der Waals surface area contributed by atoms with E-state index in [1.807, 2.05) is 18.2 Å². The highest BCUT2D eigenvalue weighted by Crippen LogP contribution is 2.27. The molecule has 4 nitrogen and oxygen atoms in total. The zero-order chi connectivity index (χ0) is 13.0. The molecule has 4 heteroatoms. The molecule has 1 atom stereocenters. The van der Waals surface area contributed by atoms with Gasteiger partial charge in [-0.25, -0.2) is 0 Å². The molecule has 0 spiro atoms. The van der Waals surface area contributed by atoms with E-state index in [0.717, 1.165) is 31.5 Å². The number of nitrogens with one attached hydrogen (secondary N) is 2. The molecule has 1 aliphatic rings. The molecule has 0 bridgehead atoms. The summed E-state index contributed by atoms with van der Waals surface area (Å²) in [7, 11) is 1.68. The van der Waals surface area contributed by atoms with Crippen LogP contribution in [0.15, 0.2) is 24.3 Å². The summed E-state index contributed by atoms with van der Waals surface area (Å²) >= 11 is 0. The highest BCUT2D eigenvalue weighted by Gasteiger charge is 2.20. The molecule has 0 saturated carbocycles. The van der Waals surface area contributed by atoms with E-state index in [2.05, 4.69) is 16.7 Å². The number of carboxylic acids is 1. The lowest BCUT2D eigenvalue weighted by Crippen LogP contribution is -2.27. The molecule has 1 aromatic carbocycles. The van der Waals surface area contributed by atoms with Gasteiger partial charge in [-0.1, -0.05) is 24.3 Å². The fraction of sp³-hybridized carbons (Fsp3) is 0.500. The Morgan fingerprint density at radius 2 is 2.17 bits per heavy atom. The molecule has 2 rings (SSSR count). The lowest BCUT2D eigenvalue weighted by Gasteiger charge is -2.24. The number of rotatable bonds is 4. The molecule has 0 aromatic heterocycles. The Hall–Kier alpha value is -1.39. The van der Waals surface area contributed by atoms with Gasteiger partial charge in [0.2, 0.25) is 0 Å². The Balaban J connectivity index is 2.20. The van der Waals surface area contributed by atoms with Crippen LogP contribution in [0.4, 0.5) is 0 Å². The first-order chi connectivity index (χ1) is 8.72. The van der Waals surface area contributed by atoms with Crippen LogP contribution in [-0.2, 0) is 4.79 Å². The van der Waals surface area contributed by atoms with E-state index in [4.69, 9.17) is 5.11 Å². The van der Waals surface area contributed by atoms with Gasteiger partial charge in [-0.05, 0) is 50.0 Å². The van der Waals surface area contributed by atoms with Crippen molar-refractivity contribution in [3.63, 3.8) is 0 Å². The van der Waals surface area contributed by atoms with Crippen molar-refractivity contribution in [2.24, 2.45) is 0 Å². The standard InChI is InChI=1S/C14H20N2O2/c1-15-13(14(17)18)12-4-2-3-11(9-12)10-5-7-16-8-6-10/h2-4,9-10,13,15-16H,5-8H2,1H3,(H,17,18). The van der Waals surface area contributed by atoms with Gasteiger partial charge in [-0.3, -0.25) is 4.79 Å². The summed E-state index contributed by atoms with van der Waals surface area (Å²) in [5, 5.41) is 15.3. The predicted octanol–water partition coefficient (Wildman–Crippen LogP) is 1.50. The predicted molar refractivity (Wildman–Crippen MR) is 70.7 cm³/mol. The molecule has 98 valence electrons. The normalized spacial score (nSPS) is 18.5. The van der Waals surface area contributed by atoms with Crippen molar-refractivity contribution in [1.29, 1.82) is 0 Å². The van der Waals surface area contributed by atoms with Crippen LogP contribution in [0.1, 0.15) is 35.9 Å². The molecule has 0 radical (unpaired) electrons. The smallest absolute Gasteiger partial charge is 0.325 e. The van der Waals surface area contributed by atoms with Crippen LogP contribution in [0.5, 0.6) is 0 Å². The van der Waals surface area contributed by atoms with E-state index < -0.39 is 12.0 Å². The van der Waals surface area contributed by atoms with E-state index >= 15 is 0 Å². The summed E-state index contributed by atoms with van der Waals surface area (Å²) in [5.41, 5.74) is 2.09. The van der Waals surface area contributed by atoms with E-state index in [-0.39, 0.29) is 0 Å². The zero-order valence-electron chi connectivity index (χ0n) is 10.6. The Morgan fingerprint density at radius 3 is 2.78 bits per heavy atom. The van der Waals surface area contributed by atoms with Crippen molar-refractivity contribution in [3.8, 4) is 0 Å². The van der Waals surface area contributed by atoms with Crippen molar-refractivity contribution >= 4 is 5.97 Å². The number of aliphatic carboxylic acids is 1. The molecular formula is C14H20N2O2. The third kappa shape index (κ3) is 2.89. The number of likely N-dealkylation sites (N-methyl/N-ethyl adjacent to an activating group) is 1. The van der Waals surface area contributed by atoms with Gasteiger partial charge in [0, 0.05) is 0 Å². The number of hydrogen-bond acceptors (Lipinski definition) is 3. The van der Waals surface area contributed by atoms with Crippen molar-refractivity contribution in [1.82, 2.24) is 10.6 Å². The van der Waals surface area contributed by atoms with Crippen LogP contribution in [0, 0.1) is 0 Å². The minimum absolute atomic E-state index is 0.553. The van der Waals surface area contributed by atoms with Gasteiger partial charge in [-0.2, -0.15) is 0 Å². The van der Waals surface area contributed by atoms with Gasteiger partial charge in [0.15, 0.2) is 0 Å². The molecule has 1 fully saturated rings. The molecule has 1 saturated heterocycles. The first kappa shape index (κ1) is 13.1. The van der Waals surface area contributed by atoms with Crippen LogP contribution in [-0.4, -0.2) is 31.2 Å². The first-order valence-electron chi connectivity index (χ1n) is 6.43. The Kier molecular flexibility index (Phi) is 4.33. The summed E-state index contributed by atoms with van der Waals surface area (Å²) in [6.07, 6.45) is 2.25.